The highest BCUT2D eigenvalue weighted by Gasteiger charge is 2.33. The summed E-state index contributed by atoms with van der Waals surface area (Å²) in [5, 5.41) is 26.2. The van der Waals surface area contributed by atoms with E-state index >= 15 is 0 Å². The number of hydrogen-bond donors (Lipinski definition) is 3. The fourth-order valence-electron chi connectivity index (χ4n) is 1.16. The summed E-state index contributed by atoms with van der Waals surface area (Å²) in [7, 11) is 1.47. The van der Waals surface area contributed by atoms with Crippen molar-refractivity contribution in [1.82, 2.24) is 0 Å². The Morgan fingerprint density at radius 3 is 2.40 bits per heavy atom. The van der Waals surface area contributed by atoms with Gasteiger partial charge in [0.25, 0.3) is 0 Å². The molecular formula is C10H20O5. The molecule has 3 N–H and O–H groups in total. The molecule has 0 saturated carbocycles. The second-order valence-electron chi connectivity index (χ2n) is 3.29. The summed E-state index contributed by atoms with van der Waals surface area (Å²) in [5.74, 6) is 0. The van der Waals surface area contributed by atoms with Gasteiger partial charge < -0.3 is 24.8 Å². The number of aliphatic hydroxyl groups excluding tert-OH is 3. The molecule has 1 saturated heterocycles. The van der Waals surface area contributed by atoms with Crippen LogP contribution in [0.3, 0.4) is 0 Å². The molecule has 1 heterocycles. The lowest BCUT2D eigenvalue weighted by molar-refractivity contribution is -0.251. The van der Waals surface area contributed by atoms with Crippen molar-refractivity contribution in [2.45, 2.75) is 37.9 Å². The highest BCUT2D eigenvalue weighted by molar-refractivity contribution is 4.77. The van der Waals surface area contributed by atoms with Gasteiger partial charge in [0.2, 0.25) is 0 Å². The molecule has 5 nitrogen and oxygen atoms in total. The van der Waals surface area contributed by atoms with Crippen molar-refractivity contribution in [3.05, 3.63) is 12.7 Å². The summed E-state index contributed by atoms with van der Waals surface area (Å²) < 4.78 is 9.98. The Bertz CT molecular complexity index is 173. The van der Waals surface area contributed by atoms with Crippen LogP contribution in [-0.4, -0.2) is 53.6 Å². The van der Waals surface area contributed by atoms with Gasteiger partial charge in [0, 0.05) is 13.5 Å². The van der Waals surface area contributed by atoms with Crippen LogP contribution >= 0.6 is 0 Å². The van der Waals surface area contributed by atoms with Crippen LogP contribution in [0.4, 0.5) is 0 Å². The summed E-state index contributed by atoms with van der Waals surface area (Å²) in [4.78, 5) is 0. The van der Waals surface area contributed by atoms with E-state index in [2.05, 4.69) is 6.58 Å². The van der Waals surface area contributed by atoms with Crippen LogP contribution in [0, 0.1) is 0 Å². The van der Waals surface area contributed by atoms with E-state index < -0.39 is 18.5 Å². The average Bonchev–Trinajstić information content (AvgIpc) is 2.24. The van der Waals surface area contributed by atoms with E-state index in [9.17, 15) is 10.2 Å². The fourth-order valence-corrected chi connectivity index (χ4v) is 1.16. The lowest BCUT2D eigenvalue weighted by Gasteiger charge is -2.34. The number of aliphatic hydroxyl groups is 3. The lowest BCUT2D eigenvalue weighted by atomic mass is 10.0. The van der Waals surface area contributed by atoms with E-state index in [-0.39, 0.29) is 12.7 Å². The minimum absolute atomic E-state index is 0.0833. The molecule has 15 heavy (non-hydrogen) atoms. The third kappa shape index (κ3) is 5.25. The van der Waals surface area contributed by atoms with Crippen LogP contribution in [0.25, 0.3) is 0 Å². The zero-order chi connectivity index (χ0) is 11.8. The SMILES string of the molecule is C=CCO.COC1O[C@@H](C)C(O)C[C@H]1O. The molecule has 0 spiro atoms. The summed E-state index contributed by atoms with van der Waals surface area (Å²) >= 11 is 0. The van der Waals surface area contributed by atoms with Gasteiger partial charge in [0.05, 0.1) is 18.8 Å². The van der Waals surface area contributed by atoms with Gasteiger partial charge in [-0.3, -0.25) is 0 Å². The summed E-state index contributed by atoms with van der Waals surface area (Å²) in [6, 6.07) is 0. The average molecular weight is 220 g/mol. The highest BCUT2D eigenvalue weighted by Crippen LogP contribution is 2.19. The molecule has 0 radical (unpaired) electrons. The molecule has 4 atom stereocenters. The number of hydrogen-bond acceptors (Lipinski definition) is 5. The van der Waals surface area contributed by atoms with Crippen LogP contribution in [0.5, 0.6) is 0 Å². The number of methoxy groups -OCH3 is 1. The van der Waals surface area contributed by atoms with Gasteiger partial charge in [0.15, 0.2) is 6.29 Å². The number of ether oxygens (including phenoxy) is 2. The molecule has 0 aromatic carbocycles. The first-order valence-corrected chi connectivity index (χ1v) is 4.82. The zero-order valence-electron chi connectivity index (χ0n) is 9.17. The first kappa shape index (κ1) is 14.5. The Balaban J connectivity index is 0.000000423. The van der Waals surface area contributed by atoms with Gasteiger partial charge in [-0.15, -0.1) is 6.58 Å². The molecule has 0 aromatic heterocycles. The van der Waals surface area contributed by atoms with Gasteiger partial charge >= 0.3 is 0 Å². The molecule has 1 aliphatic heterocycles. The topological polar surface area (TPSA) is 79.2 Å². The Hall–Kier alpha value is -0.460. The van der Waals surface area contributed by atoms with Crippen molar-refractivity contribution < 1.29 is 24.8 Å². The predicted molar refractivity (Wildman–Crippen MR) is 55.3 cm³/mol. The van der Waals surface area contributed by atoms with E-state index in [0.717, 1.165) is 0 Å². The maximum absolute atomic E-state index is 9.25. The van der Waals surface area contributed by atoms with Crippen LogP contribution < -0.4 is 0 Å². The van der Waals surface area contributed by atoms with Crippen molar-refractivity contribution in [2.75, 3.05) is 13.7 Å². The van der Waals surface area contributed by atoms with E-state index in [0.29, 0.717) is 6.42 Å². The molecule has 0 amide bonds. The van der Waals surface area contributed by atoms with Crippen molar-refractivity contribution >= 4 is 0 Å². The van der Waals surface area contributed by atoms with E-state index in [4.69, 9.17) is 14.6 Å². The molecule has 0 aliphatic carbocycles. The molecule has 2 unspecified atom stereocenters. The van der Waals surface area contributed by atoms with Crippen LogP contribution in [-0.2, 0) is 9.47 Å². The van der Waals surface area contributed by atoms with Crippen molar-refractivity contribution in [1.29, 1.82) is 0 Å². The van der Waals surface area contributed by atoms with Crippen LogP contribution in [0.2, 0.25) is 0 Å². The Morgan fingerprint density at radius 1 is 1.47 bits per heavy atom. The maximum atomic E-state index is 9.25. The first-order valence-electron chi connectivity index (χ1n) is 4.82. The first-order chi connectivity index (χ1) is 7.06. The zero-order valence-corrected chi connectivity index (χ0v) is 9.17. The highest BCUT2D eigenvalue weighted by atomic mass is 16.7. The maximum Gasteiger partial charge on any atom is 0.183 e. The van der Waals surface area contributed by atoms with Crippen molar-refractivity contribution in [2.24, 2.45) is 0 Å². The molecule has 5 heteroatoms. The second kappa shape index (κ2) is 7.78. The van der Waals surface area contributed by atoms with Gasteiger partial charge in [-0.25, -0.2) is 0 Å². The molecule has 0 aromatic rings. The van der Waals surface area contributed by atoms with Crippen molar-refractivity contribution in [3.63, 3.8) is 0 Å². The van der Waals surface area contributed by atoms with Crippen LogP contribution in [0.1, 0.15) is 13.3 Å². The minimum atomic E-state index is -0.716. The molecule has 1 aliphatic rings. The smallest absolute Gasteiger partial charge is 0.183 e. The predicted octanol–water partition coefficient (Wildman–Crippen LogP) is -0.346. The fraction of sp³-hybridized carbons (Fsp3) is 0.800. The lowest BCUT2D eigenvalue weighted by Crippen LogP contribution is -2.46. The Morgan fingerprint density at radius 2 is 2.00 bits per heavy atom. The summed E-state index contributed by atoms with van der Waals surface area (Å²) in [6.45, 7) is 5.07. The van der Waals surface area contributed by atoms with E-state index in [1.165, 1.54) is 13.2 Å². The van der Waals surface area contributed by atoms with Gasteiger partial charge in [-0.1, -0.05) is 6.08 Å². The summed E-state index contributed by atoms with van der Waals surface area (Å²) in [6.07, 6.45) is -0.404. The third-order valence-electron chi connectivity index (χ3n) is 2.05. The van der Waals surface area contributed by atoms with Crippen molar-refractivity contribution in [3.8, 4) is 0 Å². The van der Waals surface area contributed by atoms with E-state index in [1.54, 1.807) is 6.92 Å². The van der Waals surface area contributed by atoms with Gasteiger partial charge in [0.1, 0.15) is 6.10 Å². The van der Waals surface area contributed by atoms with Gasteiger partial charge in [-0.2, -0.15) is 0 Å². The molecular weight excluding hydrogens is 200 g/mol. The molecule has 1 fully saturated rings. The number of rotatable bonds is 2. The Kier molecular flexibility index (Phi) is 7.54. The second-order valence-corrected chi connectivity index (χ2v) is 3.29. The monoisotopic (exact) mass is 220 g/mol. The van der Waals surface area contributed by atoms with Gasteiger partial charge in [-0.05, 0) is 6.92 Å². The molecule has 1 rings (SSSR count). The van der Waals surface area contributed by atoms with E-state index in [1.807, 2.05) is 0 Å². The normalized spacial score (nSPS) is 35.3. The quantitative estimate of drug-likeness (QED) is 0.555. The molecule has 0 bridgehead atoms. The third-order valence-corrected chi connectivity index (χ3v) is 2.05. The molecule has 90 valence electrons. The Labute approximate surface area is 89.9 Å². The van der Waals surface area contributed by atoms with Crippen LogP contribution in [0.15, 0.2) is 12.7 Å². The standard InChI is InChI=1S/C7H14O4.C3H6O/c1-4-5(8)3-6(9)7(10-2)11-4;1-2-3-4/h4-9H,3H2,1-2H3;2,4H,1,3H2/t4-,5?,6+,7?;/m0./s1. The minimum Gasteiger partial charge on any atom is -0.392 e. The largest absolute Gasteiger partial charge is 0.392 e. The summed E-state index contributed by atoms with van der Waals surface area (Å²) in [5.41, 5.74) is 0.